The summed E-state index contributed by atoms with van der Waals surface area (Å²) < 4.78 is 29.2. The maximum atomic E-state index is 13.3. The number of rotatable bonds is 11. The molecule has 0 bridgehead atoms. The molecule has 0 radical (unpaired) electrons. The molecule has 0 fully saturated rings. The average molecular weight is 541 g/mol. The van der Waals surface area contributed by atoms with E-state index in [-0.39, 0.29) is 5.02 Å². The molecule has 1 heterocycles. The molecule has 1 aromatic heterocycles. The molecule has 0 amide bonds. The van der Waals surface area contributed by atoms with Crippen molar-refractivity contribution >= 4 is 54.4 Å². The van der Waals surface area contributed by atoms with Crippen LogP contribution in [0.2, 0.25) is 5.02 Å². The zero-order valence-electron chi connectivity index (χ0n) is 21.6. The first-order chi connectivity index (χ1) is 17.5. The van der Waals surface area contributed by atoms with Crippen LogP contribution < -0.4 is 15.4 Å². The van der Waals surface area contributed by atoms with Crippen LogP contribution in [0.1, 0.15) is 34.6 Å². The van der Waals surface area contributed by atoms with Gasteiger partial charge in [0.15, 0.2) is 8.38 Å². The fourth-order valence-electron chi connectivity index (χ4n) is 2.86. The van der Waals surface area contributed by atoms with E-state index in [0.29, 0.717) is 37.5 Å². The zero-order chi connectivity index (χ0) is 26.9. The van der Waals surface area contributed by atoms with Gasteiger partial charge in [-0.2, -0.15) is 0 Å². The highest BCUT2D eigenvalue weighted by molar-refractivity contribution is 7.48. The minimum atomic E-state index is -0.929. The highest BCUT2D eigenvalue weighted by Crippen LogP contribution is 2.36. The van der Waals surface area contributed by atoms with Crippen molar-refractivity contribution in [3.05, 3.63) is 47.5 Å². The molecule has 0 saturated carbocycles. The Morgan fingerprint density at radius 1 is 1.06 bits per heavy atom. The number of hydrogen-bond donors (Lipinski definition) is 2. The predicted octanol–water partition coefficient (Wildman–Crippen LogP) is 7.20. The monoisotopic (exact) mass is 540 g/mol. The normalized spacial score (nSPS) is 10.1. The van der Waals surface area contributed by atoms with Gasteiger partial charge in [-0.3, -0.25) is 0 Å². The summed E-state index contributed by atoms with van der Waals surface area (Å²) in [6, 6.07) is 8.18. The molecule has 2 N–H and O–H groups in total. The largest absolute Gasteiger partial charge is 0.492 e. The summed E-state index contributed by atoms with van der Waals surface area (Å²) in [5, 5.41) is 7.11. The van der Waals surface area contributed by atoms with Gasteiger partial charge in [0, 0.05) is 24.2 Å². The number of anilines is 3. The fraction of sp³-hybridized carbons (Fsp3) is 0.400. The number of fused-ring (bicyclic) bond motifs is 1. The lowest BCUT2D eigenvalue weighted by atomic mass is 10.2. The Kier molecular flexibility index (Phi) is 15.5. The van der Waals surface area contributed by atoms with E-state index in [9.17, 15) is 9.18 Å². The Balaban J connectivity index is 0.000000458. The number of hydrogen-bond acceptors (Lipinski definition) is 8. The van der Waals surface area contributed by atoms with Crippen LogP contribution >= 0.6 is 20.0 Å². The first kappa shape index (κ1) is 31.4. The van der Waals surface area contributed by atoms with Crippen LogP contribution in [-0.4, -0.2) is 49.3 Å². The van der Waals surface area contributed by atoms with Crippen molar-refractivity contribution in [3.8, 4) is 5.75 Å². The van der Waals surface area contributed by atoms with E-state index >= 15 is 0 Å². The summed E-state index contributed by atoms with van der Waals surface area (Å²) in [5.41, 5.74) is 2.21. The van der Waals surface area contributed by atoms with E-state index in [1.54, 1.807) is 6.07 Å². The summed E-state index contributed by atoms with van der Waals surface area (Å²) in [4.78, 5) is 18.6. The molecule has 198 valence electrons. The highest BCUT2D eigenvalue weighted by atomic mass is 35.5. The molecule has 0 atom stereocenters. The highest BCUT2D eigenvalue weighted by Gasteiger charge is 2.11. The van der Waals surface area contributed by atoms with Gasteiger partial charge in [0.1, 0.15) is 30.0 Å². The summed E-state index contributed by atoms with van der Waals surface area (Å²) in [5.74, 6) is 0.859. The van der Waals surface area contributed by atoms with Crippen molar-refractivity contribution in [1.29, 1.82) is 0 Å². The molecular weight excluding hydrogens is 506 g/mol. The van der Waals surface area contributed by atoms with Crippen molar-refractivity contribution in [3.63, 3.8) is 0 Å². The standard InChI is InChI=1S/C17H16ClFN4O.C6H13O3P.C2H6/c1-3-24-16-8-14-11(7-15(16)20-2)17(22-9-21-14)23-10-4-5-13(19)12(18)6-10;1-3-8-10(6-5-7)9-4-2;1-2/h4-9,20H,3H2,1-2H3,(H,21,22,23);5H,3-4,6H2,1-2H3;1-2H3. The minimum absolute atomic E-state index is 0.0490. The van der Waals surface area contributed by atoms with E-state index in [1.807, 2.05) is 53.8 Å². The number of nitrogens with one attached hydrogen (secondary N) is 2. The van der Waals surface area contributed by atoms with Crippen molar-refractivity contribution in [1.82, 2.24) is 9.97 Å². The van der Waals surface area contributed by atoms with Crippen molar-refractivity contribution in [2.24, 2.45) is 0 Å². The smallest absolute Gasteiger partial charge is 0.177 e. The number of halogens is 2. The van der Waals surface area contributed by atoms with Crippen molar-refractivity contribution in [2.45, 2.75) is 34.6 Å². The van der Waals surface area contributed by atoms with Gasteiger partial charge in [0.25, 0.3) is 0 Å². The Labute approximate surface area is 218 Å². The SMILES string of the molecule is CC.CCOP(CC=O)OCC.CCOc1cc2ncnc(Nc3ccc(F)c(Cl)c3)c2cc1NC. The quantitative estimate of drug-likeness (QED) is 0.195. The number of carbonyl (C=O) groups excluding carboxylic acids is 1. The van der Waals surface area contributed by atoms with Gasteiger partial charge < -0.3 is 29.2 Å². The number of nitrogens with zero attached hydrogens (tertiary/aromatic N) is 2. The van der Waals surface area contributed by atoms with E-state index < -0.39 is 14.2 Å². The zero-order valence-corrected chi connectivity index (χ0v) is 23.3. The lowest BCUT2D eigenvalue weighted by Crippen LogP contribution is -2.00. The minimum Gasteiger partial charge on any atom is -0.492 e. The number of benzene rings is 2. The maximum Gasteiger partial charge on any atom is 0.177 e. The van der Waals surface area contributed by atoms with Gasteiger partial charge in [-0.05, 0) is 45.0 Å². The third-order valence-corrected chi connectivity index (χ3v) is 6.09. The second-order valence-corrected chi connectivity index (χ2v) is 8.50. The Hall–Kier alpha value is -2.58. The van der Waals surface area contributed by atoms with E-state index in [4.69, 9.17) is 25.4 Å². The molecule has 3 aromatic rings. The van der Waals surface area contributed by atoms with Crippen LogP contribution in [0.3, 0.4) is 0 Å². The second kappa shape index (κ2) is 17.8. The summed E-state index contributed by atoms with van der Waals surface area (Å²) in [6.07, 6.45) is 2.68. The molecule has 36 heavy (non-hydrogen) atoms. The van der Waals surface area contributed by atoms with Crippen LogP contribution in [-0.2, 0) is 13.8 Å². The Morgan fingerprint density at radius 3 is 2.31 bits per heavy atom. The first-order valence-corrected chi connectivity index (χ1v) is 13.5. The van der Waals surface area contributed by atoms with Crippen molar-refractivity contribution in [2.75, 3.05) is 43.7 Å². The molecule has 0 spiro atoms. The second-order valence-electron chi connectivity index (χ2n) is 6.54. The Morgan fingerprint density at radius 2 is 1.75 bits per heavy atom. The Bertz CT molecular complexity index is 1070. The number of aromatic nitrogens is 2. The molecule has 0 aliphatic rings. The summed E-state index contributed by atoms with van der Waals surface area (Å²) in [7, 11) is 0.891. The van der Waals surface area contributed by atoms with Gasteiger partial charge in [-0.1, -0.05) is 25.4 Å². The molecule has 0 saturated heterocycles. The lowest BCUT2D eigenvalue weighted by Gasteiger charge is -2.13. The van der Waals surface area contributed by atoms with Gasteiger partial charge >= 0.3 is 0 Å². The molecule has 2 aromatic carbocycles. The number of carbonyl (C=O) groups is 1. The van der Waals surface area contributed by atoms with Crippen LogP contribution in [0.15, 0.2) is 36.7 Å². The van der Waals surface area contributed by atoms with Gasteiger partial charge in [0.2, 0.25) is 0 Å². The predicted molar refractivity (Wildman–Crippen MR) is 147 cm³/mol. The average Bonchev–Trinajstić information content (AvgIpc) is 2.88. The molecule has 0 aliphatic carbocycles. The third-order valence-electron chi connectivity index (χ3n) is 4.26. The van der Waals surface area contributed by atoms with Gasteiger partial charge in [-0.25, -0.2) is 14.4 Å². The first-order valence-electron chi connectivity index (χ1n) is 11.8. The molecule has 0 aliphatic heterocycles. The summed E-state index contributed by atoms with van der Waals surface area (Å²) >= 11 is 5.83. The fourth-order valence-corrected chi connectivity index (χ4v) is 4.02. The van der Waals surface area contributed by atoms with Crippen LogP contribution in [0.25, 0.3) is 10.9 Å². The van der Waals surface area contributed by atoms with E-state index in [2.05, 4.69) is 20.6 Å². The van der Waals surface area contributed by atoms with Crippen LogP contribution in [0.5, 0.6) is 5.75 Å². The molecule has 0 unspecified atom stereocenters. The van der Waals surface area contributed by atoms with E-state index in [1.165, 1.54) is 18.5 Å². The molecule has 8 nitrogen and oxygen atoms in total. The van der Waals surface area contributed by atoms with Gasteiger partial charge in [-0.15, -0.1) is 0 Å². The third kappa shape index (κ3) is 9.82. The van der Waals surface area contributed by atoms with Gasteiger partial charge in [0.05, 0.1) is 42.2 Å². The lowest BCUT2D eigenvalue weighted by molar-refractivity contribution is -0.106. The molecule has 3 rings (SSSR count). The van der Waals surface area contributed by atoms with E-state index in [0.717, 1.165) is 28.6 Å². The molecular formula is C25H35ClFN4O4P. The van der Waals surface area contributed by atoms with Crippen molar-refractivity contribution < 1.29 is 23.0 Å². The van der Waals surface area contributed by atoms with Crippen LogP contribution in [0, 0.1) is 5.82 Å². The summed E-state index contributed by atoms with van der Waals surface area (Å²) in [6.45, 7) is 11.5. The number of aldehydes is 1. The molecule has 11 heteroatoms. The van der Waals surface area contributed by atoms with Crippen LogP contribution in [0.4, 0.5) is 21.6 Å². The number of ether oxygens (including phenoxy) is 1. The maximum absolute atomic E-state index is 13.3. The topological polar surface area (TPSA) is 94.6 Å².